The molecule has 2 aliphatic rings. The predicted molar refractivity (Wildman–Crippen MR) is 124 cm³/mol. The number of thiocarbonyl (C=S) groups is 1. The molecule has 1 heterocycles. The van der Waals surface area contributed by atoms with Gasteiger partial charge in [-0.15, -0.1) is 0 Å². The zero-order chi connectivity index (χ0) is 22.0. The summed E-state index contributed by atoms with van der Waals surface area (Å²) in [6.45, 7) is 0. The largest absolute Gasteiger partial charge is 0.298 e. The molecule has 0 unspecified atom stereocenters. The van der Waals surface area contributed by atoms with Crippen LogP contribution in [0.4, 0.5) is 5.69 Å². The number of rotatable bonds is 4. The van der Waals surface area contributed by atoms with Gasteiger partial charge in [0.05, 0.1) is 5.69 Å². The SMILES string of the molecule is O=C1NC(=S)N(c2ccc(Cl)cc2)C(=O)C1=CC(=O)c1ccc(C2CCCCC2)cc1. The molecule has 1 saturated carbocycles. The first kappa shape index (κ1) is 21.4. The number of ketones is 1. The van der Waals surface area contributed by atoms with E-state index in [2.05, 4.69) is 5.32 Å². The van der Waals surface area contributed by atoms with E-state index in [0.29, 0.717) is 22.2 Å². The van der Waals surface area contributed by atoms with E-state index in [1.54, 1.807) is 36.4 Å². The van der Waals surface area contributed by atoms with Crippen LogP contribution < -0.4 is 10.2 Å². The van der Waals surface area contributed by atoms with E-state index < -0.39 is 17.6 Å². The molecule has 0 radical (unpaired) electrons. The summed E-state index contributed by atoms with van der Waals surface area (Å²) in [7, 11) is 0. The lowest BCUT2D eigenvalue weighted by Gasteiger charge is -2.28. The van der Waals surface area contributed by atoms with Crippen molar-refractivity contribution in [1.82, 2.24) is 5.32 Å². The molecule has 0 spiro atoms. The fourth-order valence-corrected chi connectivity index (χ4v) is 4.46. The summed E-state index contributed by atoms with van der Waals surface area (Å²) in [4.78, 5) is 39.3. The number of anilines is 1. The average molecular weight is 453 g/mol. The number of carbonyl (C=O) groups is 3. The van der Waals surface area contributed by atoms with E-state index in [-0.39, 0.29) is 10.7 Å². The van der Waals surface area contributed by atoms with Gasteiger partial charge in [0.25, 0.3) is 11.8 Å². The number of nitrogens with one attached hydrogen (secondary N) is 1. The quantitative estimate of drug-likeness (QED) is 0.308. The Hall–Kier alpha value is -2.83. The standard InChI is InChI=1S/C24H21ClN2O3S/c25-18-10-12-19(13-11-18)27-23(30)20(22(29)26-24(27)31)14-21(28)17-8-6-16(7-9-17)15-4-2-1-3-5-15/h6-15H,1-5H2,(H,26,29,31). The van der Waals surface area contributed by atoms with E-state index in [9.17, 15) is 14.4 Å². The van der Waals surface area contributed by atoms with Crippen molar-refractivity contribution in [2.45, 2.75) is 38.0 Å². The lowest BCUT2D eigenvalue weighted by atomic mass is 9.84. The Bertz CT molecular complexity index is 1070. The highest BCUT2D eigenvalue weighted by molar-refractivity contribution is 7.80. The number of nitrogens with zero attached hydrogens (tertiary/aromatic N) is 1. The minimum absolute atomic E-state index is 0.0428. The molecule has 0 aromatic heterocycles. The maximum Gasteiger partial charge on any atom is 0.270 e. The third kappa shape index (κ3) is 4.60. The van der Waals surface area contributed by atoms with Crippen LogP contribution in [0.25, 0.3) is 0 Å². The lowest BCUT2D eigenvalue weighted by molar-refractivity contribution is -0.122. The second-order valence-electron chi connectivity index (χ2n) is 7.76. The van der Waals surface area contributed by atoms with E-state index in [0.717, 1.165) is 6.08 Å². The molecule has 1 aliphatic heterocycles. The van der Waals surface area contributed by atoms with Crippen LogP contribution in [-0.2, 0) is 9.59 Å². The summed E-state index contributed by atoms with van der Waals surface area (Å²) in [6, 6.07) is 13.9. The average Bonchev–Trinajstić information content (AvgIpc) is 2.78. The number of amides is 2. The van der Waals surface area contributed by atoms with Crippen LogP contribution in [0, 0.1) is 0 Å². The number of hydrogen-bond acceptors (Lipinski definition) is 4. The van der Waals surface area contributed by atoms with Gasteiger partial charge in [0.1, 0.15) is 5.57 Å². The van der Waals surface area contributed by atoms with E-state index in [4.69, 9.17) is 23.8 Å². The molecule has 5 nitrogen and oxygen atoms in total. The molecule has 7 heteroatoms. The molecule has 2 aromatic carbocycles. The van der Waals surface area contributed by atoms with Gasteiger partial charge in [-0.1, -0.05) is 55.1 Å². The van der Waals surface area contributed by atoms with Crippen LogP contribution in [0.5, 0.6) is 0 Å². The number of benzene rings is 2. The Morgan fingerprint density at radius 2 is 1.65 bits per heavy atom. The summed E-state index contributed by atoms with van der Waals surface area (Å²) in [5.74, 6) is -1.20. The molecule has 4 rings (SSSR count). The summed E-state index contributed by atoms with van der Waals surface area (Å²) in [5.41, 5.74) is 1.85. The highest BCUT2D eigenvalue weighted by atomic mass is 35.5. The van der Waals surface area contributed by atoms with Crippen molar-refractivity contribution < 1.29 is 14.4 Å². The molecule has 1 aliphatic carbocycles. The summed E-state index contributed by atoms with van der Waals surface area (Å²) < 4.78 is 0. The Labute approximate surface area is 191 Å². The molecule has 31 heavy (non-hydrogen) atoms. The molecular formula is C24H21ClN2O3S. The van der Waals surface area contributed by atoms with Crippen LogP contribution in [-0.4, -0.2) is 22.7 Å². The number of hydrogen-bond donors (Lipinski definition) is 1. The molecule has 158 valence electrons. The fraction of sp³-hybridized carbons (Fsp3) is 0.250. The zero-order valence-corrected chi connectivity index (χ0v) is 18.3. The molecular weight excluding hydrogens is 432 g/mol. The Kier molecular flexibility index (Phi) is 6.30. The zero-order valence-electron chi connectivity index (χ0n) is 16.8. The summed E-state index contributed by atoms with van der Waals surface area (Å²) in [5, 5.41) is 2.94. The Morgan fingerprint density at radius 3 is 2.29 bits per heavy atom. The number of allylic oxidation sites excluding steroid dienone is 1. The third-order valence-corrected chi connectivity index (χ3v) is 6.27. The van der Waals surface area contributed by atoms with Crippen LogP contribution in [0.3, 0.4) is 0 Å². The predicted octanol–water partition coefficient (Wildman–Crippen LogP) is 4.94. The maximum atomic E-state index is 13.0. The van der Waals surface area contributed by atoms with Gasteiger partial charge in [-0.2, -0.15) is 0 Å². The molecule has 0 bridgehead atoms. The van der Waals surface area contributed by atoms with Crippen molar-refractivity contribution in [3.8, 4) is 0 Å². The fourth-order valence-electron chi connectivity index (χ4n) is 4.05. The first-order chi connectivity index (χ1) is 14.9. The molecule has 2 aromatic rings. The van der Waals surface area contributed by atoms with Gasteiger partial charge in [0, 0.05) is 16.7 Å². The topological polar surface area (TPSA) is 66.5 Å². The smallest absolute Gasteiger partial charge is 0.270 e. The Balaban J connectivity index is 1.56. The van der Waals surface area contributed by atoms with E-state index >= 15 is 0 Å². The highest BCUT2D eigenvalue weighted by Crippen LogP contribution is 2.32. The maximum absolute atomic E-state index is 13.0. The summed E-state index contributed by atoms with van der Waals surface area (Å²) >= 11 is 11.1. The molecule has 1 N–H and O–H groups in total. The van der Waals surface area contributed by atoms with Gasteiger partial charge in [0.15, 0.2) is 10.9 Å². The molecule has 2 amide bonds. The van der Waals surface area contributed by atoms with Crippen LogP contribution in [0.2, 0.25) is 5.02 Å². The van der Waals surface area contributed by atoms with Gasteiger partial charge in [-0.3, -0.25) is 24.6 Å². The first-order valence-corrected chi connectivity index (χ1v) is 11.0. The molecule has 2 fully saturated rings. The first-order valence-electron chi connectivity index (χ1n) is 10.3. The van der Waals surface area contributed by atoms with Crippen LogP contribution >= 0.6 is 23.8 Å². The van der Waals surface area contributed by atoms with Gasteiger partial charge in [-0.05, 0) is 60.8 Å². The van der Waals surface area contributed by atoms with Crippen LogP contribution in [0.15, 0.2) is 60.2 Å². The molecule has 1 saturated heterocycles. The van der Waals surface area contributed by atoms with Gasteiger partial charge < -0.3 is 0 Å². The normalized spacial score (nSPS) is 18.9. The highest BCUT2D eigenvalue weighted by Gasteiger charge is 2.35. The summed E-state index contributed by atoms with van der Waals surface area (Å²) in [6.07, 6.45) is 7.19. The number of halogens is 1. The Morgan fingerprint density at radius 1 is 1.00 bits per heavy atom. The second kappa shape index (κ2) is 9.12. The van der Waals surface area contributed by atoms with Gasteiger partial charge >= 0.3 is 0 Å². The van der Waals surface area contributed by atoms with Gasteiger partial charge in [0.2, 0.25) is 0 Å². The minimum Gasteiger partial charge on any atom is -0.298 e. The van der Waals surface area contributed by atoms with Crippen molar-refractivity contribution in [1.29, 1.82) is 0 Å². The van der Waals surface area contributed by atoms with Crippen LogP contribution in [0.1, 0.15) is 53.9 Å². The molecule has 0 atom stereocenters. The lowest BCUT2D eigenvalue weighted by Crippen LogP contribution is -2.54. The second-order valence-corrected chi connectivity index (χ2v) is 8.58. The van der Waals surface area contributed by atoms with E-state index in [1.165, 1.54) is 42.6 Å². The van der Waals surface area contributed by atoms with Gasteiger partial charge in [-0.25, -0.2) is 0 Å². The van der Waals surface area contributed by atoms with Crippen molar-refractivity contribution in [3.63, 3.8) is 0 Å². The monoisotopic (exact) mass is 452 g/mol. The van der Waals surface area contributed by atoms with Crippen molar-refractivity contribution in [3.05, 3.63) is 76.3 Å². The third-order valence-electron chi connectivity index (χ3n) is 5.73. The van der Waals surface area contributed by atoms with E-state index in [1.807, 2.05) is 12.1 Å². The van der Waals surface area contributed by atoms with Crippen molar-refractivity contribution in [2.24, 2.45) is 0 Å². The number of carbonyl (C=O) groups excluding carboxylic acids is 3. The van der Waals surface area contributed by atoms with Crippen molar-refractivity contribution >= 4 is 52.2 Å². The van der Waals surface area contributed by atoms with Crippen molar-refractivity contribution in [2.75, 3.05) is 4.90 Å². The minimum atomic E-state index is -0.688.